The minimum Gasteiger partial charge on any atom is -0.322 e. The van der Waals surface area contributed by atoms with E-state index in [9.17, 15) is 8.78 Å². The third-order valence-corrected chi connectivity index (χ3v) is 3.57. The highest BCUT2D eigenvalue weighted by Crippen LogP contribution is 2.23. The molecule has 2 rings (SSSR count). The van der Waals surface area contributed by atoms with Crippen LogP contribution in [0.2, 0.25) is 5.15 Å². The summed E-state index contributed by atoms with van der Waals surface area (Å²) in [6.07, 6.45) is 3.65. The Balaban J connectivity index is 0.00000220. The van der Waals surface area contributed by atoms with E-state index in [0.717, 1.165) is 6.07 Å². The normalized spacial score (nSPS) is 11.9. The molecule has 2 N–H and O–H groups in total. The highest BCUT2D eigenvalue weighted by atomic mass is 35.5. The summed E-state index contributed by atoms with van der Waals surface area (Å²) in [4.78, 5) is 8.29. The molecule has 114 valence electrons. The molecule has 0 aliphatic rings. The van der Waals surface area contributed by atoms with Crippen LogP contribution in [0.15, 0.2) is 29.4 Å². The molecule has 0 aliphatic heterocycles. The molecule has 8 heteroatoms. The molecule has 0 spiro atoms. The second-order valence-corrected chi connectivity index (χ2v) is 5.36. The Hall–Kier alpha value is -0.950. The molecule has 1 heterocycles. The SMILES string of the molecule is CSc1cnc([C@@H](N)Cc2cc(F)cc(F)c2)c(Cl)n1.Cl. The predicted molar refractivity (Wildman–Crippen MR) is 83.1 cm³/mol. The molecular formula is C13H13Cl2F2N3S. The van der Waals surface area contributed by atoms with Gasteiger partial charge in [-0.1, -0.05) is 11.6 Å². The molecule has 1 aromatic heterocycles. The fourth-order valence-corrected chi connectivity index (χ4v) is 2.46. The molecule has 0 amide bonds. The number of rotatable bonds is 4. The highest BCUT2D eigenvalue weighted by Gasteiger charge is 2.15. The van der Waals surface area contributed by atoms with Gasteiger partial charge in [0.25, 0.3) is 0 Å². The van der Waals surface area contributed by atoms with Gasteiger partial charge in [0.05, 0.1) is 17.9 Å². The fourth-order valence-electron chi connectivity index (χ4n) is 1.79. The predicted octanol–water partition coefficient (Wildman–Crippen LogP) is 3.79. The third-order valence-electron chi connectivity index (χ3n) is 2.67. The van der Waals surface area contributed by atoms with E-state index in [0.29, 0.717) is 16.3 Å². The maximum Gasteiger partial charge on any atom is 0.153 e. The summed E-state index contributed by atoms with van der Waals surface area (Å²) in [7, 11) is 0. The van der Waals surface area contributed by atoms with E-state index in [-0.39, 0.29) is 24.0 Å². The van der Waals surface area contributed by atoms with Gasteiger partial charge in [-0.15, -0.1) is 24.2 Å². The zero-order valence-corrected chi connectivity index (χ0v) is 13.4. The molecule has 1 aromatic carbocycles. The molecule has 0 bridgehead atoms. The van der Waals surface area contributed by atoms with Gasteiger partial charge in [-0.05, 0) is 30.4 Å². The van der Waals surface area contributed by atoms with Gasteiger partial charge in [0, 0.05) is 6.07 Å². The molecule has 0 radical (unpaired) electrons. The Morgan fingerprint density at radius 1 is 1.29 bits per heavy atom. The number of nitrogens with zero attached hydrogens (tertiary/aromatic N) is 2. The van der Waals surface area contributed by atoms with Crippen LogP contribution in [0.3, 0.4) is 0 Å². The number of hydrogen-bond donors (Lipinski definition) is 1. The molecular weight excluding hydrogens is 339 g/mol. The van der Waals surface area contributed by atoms with Crippen molar-refractivity contribution >= 4 is 35.8 Å². The van der Waals surface area contributed by atoms with E-state index in [4.69, 9.17) is 17.3 Å². The van der Waals surface area contributed by atoms with Crippen molar-refractivity contribution in [3.8, 4) is 0 Å². The van der Waals surface area contributed by atoms with Crippen LogP contribution in [0.1, 0.15) is 17.3 Å². The number of nitrogens with two attached hydrogens (primary N) is 1. The molecule has 0 saturated heterocycles. The van der Waals surface area contributed by atoms with Gasteiger partial charge in [0.1, 0.15) is 16.7 Å². The Morgan fingerprint density at radius 3 is 2.43 bits per heavy atom. The molecule has 21 heavy (non-hydrogen) atoms. The largest absolute Gasteiger partial charge is 0.322 e. The minimum atomic E-state index is -0.637. The lowest BCUT2D eigenvalue weighted by Gasteiger charge is -2.13. The van der Waals surface area contributed by atoms with Gasteiger partial charge >= 0.3 is 0 Å². The van der Waals surface area contributed by atoms with Crippen molar-refractivity contribution in [2.45, 2.75) is 17.5 Å². The van der Waals surface area contributed by atoms with Crippen LogP contribution in [-0.4, -0.2) is 16.2 Å². The van der Waals surface area contributed by atoms with Crippen LogP contribution in [0, 0.1) is 11.6 Å². The molecule has 0 saturated carbocycles. The zero-order chi connectivity index (χ0) is 14.7. The van der Waals surface area contributed by atoms with Crippen LogP contribution in [0.25, 0.3) is 0 Å². The van der Waals surface area contributed by atoms with Crippen molar-refractivity contribution in [1.82, 2.24) is 9.97 Å². The summed E-state index contributed by atoms with van der Waals surface area (Å²) >= 11 is 7.43. The Labute approximate surface area is 136 Å². The number of thioether (sulfide) groups is 1. The summed E-state index contributed by atoms with van der Waals surface area (Å²) in [6.45, 7) is 0. The molecule has 0 fully saturated rings. The Kier molecular flexibility index (Phi) is 6.80. The van der Waals surface area contributed by atoms with Gasteiger partial charge in [-0.3, -0.25) is 4.98 Å². The molecule has 1 atom stereocenters. The van der Waals surface area contributed by atoms with Crippen LogP contribution >= 0.6 is 35.8 Å². The van der Waals surface area contributed by atoms with E-state index in [1.807, 2.05) is 6.26 Å². The summed E-state index contributed by atoms with van der Waals surface area (Å²) in [6, 6.07) is 2.71. The fraction of sp³-hybridized carbons (Fsp3) is 0.231. The van der Waals surface area contributed by atoms with Crippen molar-refractivity contribution in [3.05, 3.63) is 52.4 Å². The first-order valence-corrected chi connectivity index (χ1v) is 7.37. The zero-order valence-electron chi connectivity index (χ0n) is 11.0. The van der Waals surface area contributed by atoms with Crippen molar-refractivity contribution < 1.29 is 8.78 Å². The first-order chi connectivity index (χ1) is 9.49. The standard InChI is InChI=1S/C13H12ClF2N3S.ClH/c1-20-11-6-18-12(13(14)19-11)10(17)4-7-2-8(15)5-9(16)3-7;/h2-3,5-6,10H,4,17H2,1H3;1H/t10-;/m0./s1. The third kappa shape index (κ3) is 4.78. The van der Waals surface area contributed by atoms with Crippen LogP contribution in [-0.2, 0) is 6.42 Å². The van der Waals surface area contributed by atoms with Crippen molar-refractivity contribution in [2.24, 2.45) is 5.73 Å². The van der Waals surface area contributed by atoms with Gasteiger partial charge < -0.3 is 5.73 Å². The topological polar surface area (TPSA) is 51.8 Å². The summed E-state index contributed by atoms with van der Waals surface area (Å²) in [5.41, 5.74) is 6.84. The Morgan fingerprint density at radius 2 is 1.90 bits per heavy atom. The molecule has 0 aliphatic carbocycles. The van der Waals surface area contributed by atoms with Crippen molar-refractivity contribution in [2.75, 3.05) is 6.26 Å². The van der Waals surface area contributed by atoms with Crippen molar-refractivity contribution in [3.63, 3.8) is 0 Å². The quantitative estimate of drug-likeness (QED) is 0.851. The number of hydrogen-bond acceptors (Lipinski definition) is 4. The first-order valence-electron chi connectivity index (χ1n) is 5.76. The van der Waals surface area contributed by atoms with Crippen LogP contribution in [0.5, 0.6) is 0 Å². The summed E-state index contributed by atoms with van der Waals surface area (Å²) < 4.78 is 26.2. The Bertz CT molecular complexity index is 608. The molecule has 0 unspecified atom stereocenters. The van der Waals surface area contributed by atoms with Gasteiger partial charge in [0.2, 0.25) is 0 Å². The van der Waals surface area contributed by atoms with E-state index >= 15 is 0 Å². The van der Waals surface area contributed by atoms with Gasteiger partial charge in [-0.2, -0.15) is 0 Å². The highest BCUT2D eigenvalue weighted by molar-refractivity contribution is 7.98. The molecule has 2 aromatic rings. The first kappa shape index (κ1) is 18.1. The van der Waals surface area contributed by atoms with E-state index in [2.05, 4.69) is 9.97 Å². The van der Waals surface area contributed by atoms with Crippen molar-refractivity contribution in [1.29, 1.82) is 0 Å². The second-order valence-electron chi connectivity index (χ2n) is 4.18. The second kappa shape index (κ2) is 7.89. The van der Waals surface area contributed by atoms with Crippen LogP contribution < -0.4 is 5.73 Å². The van der Waals surface area contributed by atoms with Crippen LogP contribution in [0.4, 0.5) is 8.78 Å². The number of halogens is 4. The lowest BCUT2D eigenvalue weighted by Crippen LogP contribution is -2.16. The van der Waals surface area contributed by atoms with E-state index in [1.54, 1.807) is 6.20 Å². The number of benzene rings is 1. The van der Waals surface area contributed by atoms with Gasteiger partial charge in [-0.25, -0.2) is 13.8 Å². The maximum absolute atomic E-state index is 13.1. The minimum absolute atomic E-state index is 0. The van der Waals surface area contributed by atoms with E-state index < -0.39 is 17.7 Å². The van der Waals surface area contributed by atoms with E-state index in [1.165, 1.54) is 23.9 Å². The van der Waals surface area contributed by atoms with Gasteiger partial charge in [0.15, 0.2) is 5.15 Å². The lowest BCUT2D eigenvalue weighted by atomic mass is 10.0. The maximum atomic E-state index is 13.1. The average Bonchev–Trinajstić information content (AvgIpc) is 2.36. The average molecular weight is 352 g/mol. The molecule has 3 nitrogen and oxygen atoms in total. The lowest BCUT2D eigenvalue weighted by molar-refractivity contribution is 0.575. The monoisotopic (exact) mass is 351 g/mol. The summed E-state index contributed by atoms with van der Waals surface area (Å²) in [5.74, 6) is -1.27. The summed E-state index contributed by atoms with van der Waals surface area (Å²) in [5, 5.41) is 0.893. The smallest absolute Gasteiger partial charge is 0.153 e. The number of aromatic nitrogens is 2.